The summed E-state index contributed by atoms with van der Waals surface area (Å²) in [6, 6.07) is 1.97. The molecule has 17 heavy (non-hydrogen) atoms. The van der Waals surface area contributed by atoms with Crippen molar-refractivity contribution in [3.8, 4) is 0 Å². The molecule has 1 amide bonds. The molecular weight excluding hydrogens is 254 g/mol. The summed E-state index contributed by atoms with van der Waals surface area (Å²) in [6.45, 7) is 2.26. The Hall–Kier alpha value is -0.520. The van der Waals surface area contributed by atoms with Gasteiger partial charge in [-0.25, -0.2) is 0 Å². The maximum absolute atomic E-state index is 11.9. The maximum Gasteiger partial charge on any atom is 0.227 e. The van der Waals surface area contributed by atoms with Gasteiger partial charge in [-0.05, 0) is 41.5 Å². The molecule has 2 N–H and O–H groups in total. The second-order valence-corrected chi connectivity index (χ2v) is 6.41. The first-order valence-electron chi connectivity index (χ1n) is 5.71. The molecule has 2 atom stereocenters. The van der Waals surface area contributed by atoms with Gasteiger partial charge in [0.1, 0.15) is 0 Å². The van der Waals surface area contributed by atoms with Crippen LogP contribution in [0, 0.1) is 0 Å². The average molecular weight is 271 g/mol. The quantitative estimate of drug-likeness (QED) is 0.878. The van der Waals surface area contributed by atoms with Crippen LogP contribution in [0.1, 0.15) is 24.8 Å². The van der Waals surface area contributed by atoms with Crippen LogP contribution in [0.5, 0.6) is 0 Å². The van der Waals surface area contributed by atoms with Crippen LogP contribution in [0.2, 0.25) is 0 Å². The Morgan fingerprint density at radius 3 is 3.12 bits per heavy atom. The van der Waals surface area contributed by atoms with Crippen molar-refractivity contribution < 1.29 is 9.90 Å². The molecule has 0 aliphatic carbocycles. The smallest absolute Gasteiger partial charge is 0.227 e. The van der Waals surface area contributed by atoms with Crippen molar-refractivity contribution in [1.29, 1.82) is 0 Å². The van der Waals surface area contributed by atoms with Gasteiger partial charge in [-0.2, -0.15) is 23.1 Å². The van der Waals surface area contributed by atoms with E-state index in [2.05, 4.69) is 5.32 Å². The van der Waals surface area contributed by atoms with E-state index in [0.717, 1.165) is 23.5 Å². The fraction of sp³-hybridized carbons (Fsp3) is 0.583. The molecule has 0 aromatic carbocycles. The van der Waals surface area contributed by atoms with Crippen molar-refractivity contribution in [3.63, 3.8) is 0 Å². The van der Waals surface area contributed by atoms with Crippen LogP contribution in [0.3, 0.4) is 0 Å². The van der Waals surface area contributed by atoms with Crippen LogP contribution in [0.25, 0.3) is 0 Å². The summed E-state index contributed by atoms with van der Waals surface area (Å²) in [5.41, 5.74) is 0.342. The Labute approximate surface area is 110 Å². The molecule has 1 fully saturated rings. The number of thioether (sulfide) groups is 1. The Kier molecular flexibility index (Phi) is 4.12. The van der Waals surface area contributed by atoms with Crippen molar-refractivity contribution >= 4 is 29.0 Å². The lowest BCUT2D eigenvalue weighted by molar-refractivity contribution is -0.123. The predicted molar refractivity (Wildman–Crippen MR) is 72.6 cm³/mol. The molecule has 3 nitrogen and oxygen atoms in total. The average Bonchev–Trinajstić information content (AvgIpc) is 2.96. The highest BCUT2D eigenvalue weighted by atomic mass is 32.2. The third-order valence-electron chi connectivity index (χ3n) is 3.11. The Bertz CT molecular complexity index is 372. The van der Waals surface area contributed by atoms with Gasteiger partial charge in [0.05, 0.1) is 11.5 Å². The highest BCUT2D eigenvalue weighted by Crippen LogP contribution is 2.27. The van der Waals surface area contributed by atoms with E-state index < -0.39 is 5.60 Å². The molecule has 0 radical (unpaired) electrons. The number of nitrogens with one attached hydrogen (secondary N) is 1. The molecule has 2 heterocycles. The number of aliphatic hydroxyl groups is 1. The first-order chi connectivity index (χ1) is 8.11. The molecule has 2 rings (SSSR count). The van der Waals surface area contributed by atoms with Crippen LogP contribution in [0.4, 0.5) is 0 Å². The van der Waals surface area contributed by atoms with E-state index in [0.29, 0.717) is 6.54 Å². The molecule has 1 aliphatic rings. The lowest BCUT2D eigenvalue weighted by atomic mass is 10.0. The molecule has 0 saturated carbocycles. The Balaban J connectivity index is 1.85. The fourth-order valence-corrected chi connectivity index (χ4v) is 3.86. The standard InChI is InChI=1S/C12H17NO2S2/c1-9(10-2-4-16-6-10)11(14)13-7-12(15)3-5-17-8-12/h2,4,6,9,15H,3,5,7-8H2,1H3,(H,13,14). The number of carbonyl (C=O) groups is 1. The van der Waals surface area contributed by atoms with Crippen LogP contribution in [0.15, 0.2) is 16.8 Å². The van der Waals surface area contributed by atoms with Crippen LogP contribution < -0.4 is 5.32 Å². The molecule has 1 saturated heterocycles. The zero-order chi connectivity index (χ0) is 12.3. The van der Waals surface area contributed by atoms with Crippen LogP contribution >= 0.6 is 23.1 Å². The number of hydrogen-bond acceptors (Lipinski definition) is 4. The second-order valence-electron chi connectivity index (χ2n) is 4.52. The molecule has 1 aliphatic heterocycles. The number of carbonyl (C=O) groups excluding carboxylic acids is 1. The van der Waals surface area contributed by atoms with Gasteiger partial charge in [0.2, 0.25) is 5.91 Å². The second kappa shape index (κ2) is 5.42. The van der Waals surface area contributed by atoms with E-state index in [9.17, 15) is 9.90 Å². The summed E-state index contributed by atoms with van der Waals surface area (Å²) in [4.78, 5) is 11.9. The van der Waals surface area contributed by atoms with Crippen molar-refractivity contribution in [2.45, 2.75) is 24.9 Å². The van der Waals surface area contributed by atoms with Gasteiger partial charge in [0.15, 0.2) is 0 Å². The van der Waals surface area contributed by atoms with Crippen molar-refractivity contribution in [1.82, 2.24) is 5.32 Å². The van der Waals surface area contributed by atoms with E-state index >= 15 is 0 Å². The van der Waals surface area contributed by atoms with Gasteiger partial charge in [0.25, 0.3) is 0 Å². The van der Waals surface area contributed by atoms with Crippen LogP contribution in [-0.4, -0.2) is 34.7 Å². The molecule has 1 aromatic heterocycles. The maximum atomic E-state index is 11.9. The molecule has 0 spiro atoms. The molecular formula is C12H17NO2S2. The highest BCUT2D eigenvalue weighted by Gasteiger charge is 2.32. The third kappa shape index (κ3) is 3.24. The van der Waals surface area contributed by atoms with Gasteiger partial charge in [0, 0.05) is 12.3 Å². The van der Waals surface area contributed by atoms with Gasteiger partial charge in [-0.3, -0.25) is 4.79 Å². The molecule has 94 valence electrons. The number of amides is 1. The van der Waals surface area contributed by atoms with Gasteiger partial charge >= 0.3 is 0 Å². The van der Waals surface area contributed by atoms with Gasteiger partial charge in [-0.1, -0.05) is 0 Å². The van der Waals surface area contributed by atoms with Gasteiger partial charge < -0.3 is 10.4 Å². The summed E-state index contributed by atoms with van der Waals surface area (Å²) in [5, 5.41) is 16.9. The number of thiophene rings is 1. The Morgan fingerprint density at radius 2 is 2.53 bits per heavy atom. The number of rotatable bonds is 4. The van der Waals surface area contributed by atoms with E-state index in [1.54, 1.807) is 23.1 Å². The summed E-state index contributed by atoms with van der Waals surface area (Å²) >= 11 is 3.33. The highest BCUT2D eigenvalue weighted by molar-refractivity contribution is 7.99. The summed E-state index contributed by atoms with van der Waals surface area (Å²) < 4.78 is 0. The summed E-state index contributed by atoms with van der Waals surface area (Å²) in [7, 11) is 0. The SMILES string of the molecule is CC(C(=O)NCC1(O)CCSC1)c1ccsc1. The lowest BCUT2D eigenvalue weighted by Gasteiger charge is -2.22. The summed E-state index contributed by atoms with van der Waals surface area (Å²) in [6.07, 6.45) is 0.769. The first-order valence-corrected chi connectivity index (χ1v) is 7.80. The lowest BCUT2D eigenvalue weighted by Crippen LogP contribution is -2.44. The van der Waals surface area contributed by atoms with Crippen LogP contribution in [-0.2, 0) is 4.79 Å². The zero-order valence-corrected chi connectivity index (χ0v) is 11.4. The molecule has 0 bridgehead atoms. The monoisotopic (exact) mass is 271 g/mol. The minimum absolute atomic E-state index is 0.00581. The summed E-state index contributed by atoms with van der Waals surface area (Å²) in [5.74, 6) is 1.56. The number of hydrogen-bond donors (Lipinski definition) is 2. The van der Waals surface area contributed by atoms with E-state index in [1.165, 1.54) is 0 Å². The largest absolute Gasteiger partial charge is 0.387 e. The van der Waals surface area contributed by atoms with E-state index in [4.69, 9.17) is 0 Å². The fourth-order valence-electron chi connectivity index (χ4n) is 1.81. The topological polar surface area (TPSA) is 49.3 Å². The first kappa shape index (κ1) is 12.9. The normalized spacial score (nSPS) is 25.8. The van der Waals surface area contributed by atoms with E-state index in [1.807, 2.05) is 23.8 Å². The van der Waals surface area contributed by atoms with Crippen molar-refractivity contribution in [2.75, 3.05) is 18.1 Å². The minimum atomic E-state index is -0.700. The molecule has 1 aromatic rings. The minimum Gasteiger partial charge on any atom is -0.387 e. The van der Waals surface area contributed by atoms with E-state index in [-0.39, 0.29) is 11.8 Å². The third-order valence-corrected chi connectivity index (χ3v) is 5.05. The Morgan fingerprint density at radius 1 is 1.71 bits per heavy atom. The molecule has 5 heteroatoms. The van der Waals surface area contributed by atoms with Crippen molar-refractivity contribution in [2.24, 2.45) is 0 Å². The van der Waals surface area contributed by atoms with Crippen molar-refractivity contribution in [3.05, 3.63) is 22.4 Å². The van der Waals surface area contributed by atoms with Gasteiger partial charge in [-0.15, -0.1) is 0 Å². The zero-order valence-electron chi connectivity index (χ0n) is 9.81. The predicted octanol–water partition coefficient (Wildman–Crippen LogP) is 1.84. The molecule has 2 unspecified atom stereocenters.